The first-order valence-corrected chi connectivity index (χ1v) is 18.5. The Morgan fingerprint density at radius 3 is 2.08 bits per heavy atom. The minimum absolute atomic E-state index is 0.201. The second-order valence-electron chi connectivity index (χ2n) is 13.8. The summed E-state index contributed by atoms with van der Waals surface area (Å²) in [6, 6.07) is 52.3. The largest absolute Gasteiger partial charge is 0.355 e. The summed E-state index contributed by atoms with van der Waals surface area (Å²) >= 11 is 0. The molecule has 0 radical (unpaired) electrons. The van der Waals surface area contributed by atoms with Crippen molar-refractivity contribution in [2.24, 2.45) is 5.92 Å². The molecule has 6 aromatic carbocycles. The monoisotopic (exact) mass is 672 g/mol. The van der Waals surface area contributed by atoms with Gasteiger partial charge in [0.1, 0.15) is 0 Å². The fourth-order valence-corrected chi connectivity index (χ4v) is 7.74. The fourth-order valence-electron chi connectivity index (χ4n) is 7.74. The van der Waals surface area contributed by atoms with Crippen molar-refractivity contribution in [3.63, 3.8) is 0 Å². The van der Waals surface area contributed by atoms with Crippen LogP contribution in [-0.4, -0.2) is 0 Å². The molecule has 0 saturated carbocycles. The third kappa shape index (κ3) is 6.81. The highest BCUT2D eigenvalue weighted by Gasteiger charge is 2.29. The van der Waals surface area contributed by atoms with Crippen LogP contribution in [0.15, 0.2) is 199 Å². The minimum Gasteiger partial charge on any atom is -0.355 e. The number of hydrogen-bond donors (Lipinski definition) is 1. The lowest BCUT2D eigenvalue weighted by atomic mass is 9.73. The van der Waals surface area contributed by atoms with Gasteiger partial charge in [0.2, 0.25) is 0 Å². The van der Waals surface area contributed by atoms with Crippen LogP contribution in [0, 0.1) is 5.92 Å². The molecular weight excluding hydrogens is 629 g/mol. The molecule has 0 fully saturated rings. The summed E-state index contributed by atoms with van der Waals surface area (Å²) in [5.74, 6) is 0.541. The smallest absolute Gasteiger partial charge is 0.0540 e. The SMILES string of the molecule is C=C1/C=C\CCC/C=C\C(Nc2ccc(-c3ccc(N(c4ccccc4)c4cccc5ccccc45)cc3)cc2)=C1C1c2ccccc2C=CC1C. The molecule has 2 heteroatoms. The lowest BCUT2D eigenvalue weighted by molar-refractivity contribution is 0.611. The molecule has 0 saturated heterocycles. The van der Waals surface area contributed by atoms with Gasteiger partial charge in [-0.15, -0.1) is 0 Å². The Kier molecular flexibility index (Phi) is 9.54. The van der Waals surface area contributed by atoms with Gasteiger partial charge >= 0.3 is 0 Å². The fraction of sp³-hybridized carbons (Fsp3) is 0.120. The zero-order valence-electron chi connectivity index (χ0n) is 29.8. The number of rotatable bonds is 7. The summed E-state index contributed by atoms with van der Waals surface area (Å²) in [6.45, 7) is 6.95. The molecule has 2 nitrogen and oxygen atoms in total. The lowest BCUT2D eigenvalue weighted by Gasteiger charge is -2.32. The van der Waals surface area contributed by atoms with Crippen LogP contribution < -0.4 is 10.2 Å². The third-order valence-electron chi connectivity index (χ3n) is 10.4. The van der Waals surface area contributed by atoms with Crippen molar-refractivity contribution in [1.82, 2.24) is 0 Å². The maximum absolute atomic E-state index is 4.62. The zero-order chi connectivity index (χ0) is 35.3. The van der Waals surface area contributed by atoms with Crippen molar-refractivity contribution in [3.8, 4) is 11.1 Å². The molecule has 254 valence electrons. The summed E-state index contributed by atoms with van der Waals surface area (Å²) in [5, 5.41) is 6.30. The zero-order valence-corrected chi connectivity index (χ0v) is 29.8. The van der Waals surface area contributed by atoms with Crippen LogP contribution in [0.5, 0.6) is 0 Å². The molecule has 2 atom stereocenters. The van der Waals surface area contributed by atoms with Gasteiger partial charge in [0.15, 0.2) is 0 Å². The van der Waals surface area contributed by atoms with E-state index in [4.69, 9.17) is 0 Å². The Labute approximate surface area is 308 Å². The Hall–Kier alpha value is -6.12. The average molecular weight is 673 g/mol. The molecule has 6 aromatic rings. The highest BCUT2D eigenvalue weighted by molar-refractivity contribution is 5.99. The average Bonchev–Trinajstić information content (AvgIpc) is 3.19. The summed E-state index contributed by atoms with van der Waals surface area (Å²) in [5.41, 5.74) is 12.9. The van der Waals surface area contributed by atoms with Gasteiger partial charge in [-0.3, -0.25) is 0 Å². The van der Waals surface area contributed by atoms with Crippen LogP contribution in [0.4, 0.5) is 22.7 Å². The molecule has 52 heavy (non-hydrogen) atoms. The minimum atomic E-state index is 0.201. The van der Waals surface area contributed by atoms with Crippen molar-refractivity contribution in [1.29, 1.82) is 0 Å². The van der Waals surface area contributed by atoms with Gasteiger partial charge in [-0.1, -0.05) is 147 Å². The second-order valence-corrected chi connectivity index (χ2v) is 13.8. The number of nitrogens with one attached hydrogen (secondary N) is 1. The number of anilines is 4. The first-order chi connectivity index (χ1) is 25.6. The first kappa shape index (κ1) is 33.0. The lowest BCUT2D eigenvalue weighted by Crippen LogP contribution is -2.19. The highest BCUT2D eigenvalue weighted by Crippen LogP contribution is 2.44. The van der Waals surface area contributed by atoms with Gasteiger partial charge in [-0.25, -0.2) is 0 Å². The predicted octanol–water partition coefficient (Wildman–Crippen LogP) is 13.9. The number of hydrogen-bond acceptors (Lipinski definition) is 2. The summed E-state index contributed by atoms with van der Waals surface area (Å²) in [7, 11) is 0. The van der Waals surface area contributed by atoms with Crippen LogP contribution in [0.25, 0.3) is 28.0 Å². The van der Waals surface area contributed by atoms with Gasteiger partial charge in [0.25, 0.3) is 0 Å². The number of allylic oxidation sites excluding steroid dienone is 7. The second kappa shape index (κ2) is 15.0. The topological polar surface area (TPSA) is 15.3 Å². The molecular formula is C50H44N2. The summed E-state index contributed by atoms with van der Waals surface area (Å²) < 4.78 is 0. The van der Waals surface area contributed by atoms with Crippen molar-refractivity contribution in [2.45, 2.75) is 32.1 Å². The Bertz CT molecular complexity index is 2320. The van der Waals surface area contributed by atoms with E-state index in [2.05, 4.69) is 206 Å². The summed E-state index contributed by atoms with van der Waals surface area (Å²) in [4.78, 5) is 2.35. The van der Waals surface area contributed by atoms with E-state index < -0.39 is 0 Å². The third-order valence-corrected chi connectivity index (χ3v) is 10.4. The molecule has 8 rings (SSSR count). The number of nitrogens with zero attached hydrogens (tertiary/aromatic N) is 1. The van der Waals surface area contributed by atoms with E-state index in [0.29, 0.717) is 5.92 Å². The normalized spacial score (nSPS) is 18.4. The molecule has 0 bridgehead atoms. The highest BCUT2D eigenvalue weighted by atomic mass is 15.1. The van der Waals surface area contributed by atoms with Gasteiger partial charge < -0.3 is 10.2 Å². The number of benzene rings is 6. The van der Waals surface area contributed by atoms with E-state index in [0.717, 1.165) is 53.3 Å². The maximum Gasteiger partial charge on any atom is 0.0540 e. The maximum atomic E-state index is 4.62. The quantitative estimate of drug-likeness (QED) is 0.182. The Morgan fingerprint density at radius 2 is 1.27 bits per heavy atom. The molecule has 0 aromatic heterocycles. The van der Waals surface area contributed by atoms with Crippen LogP contribution >= 0.6 is 0 Å². The Morgan fingerprint density at radius 1 is 0.615 bits per heavy atom. The van der Waals surface area contributed by atoms with Crippen LogP contribution in [0.3, 0.4) is 0 Å². The van der Waals surface area contributed by atoms with E-state index in [-0.39, 0.29) is 5.92 Å². The van der Waals surface area contributed by atoms with E-state index in [1.807, 2.05) is 0 Å². The van der Waals surface area contributed by atoms with Crippen molar-refractivity contribution in [3.05, 3.63) is 211 Å². The van der Waals surface area contributed by atoms with Crippen molar-refractivity contribution in [2.75, 3.05) is 10.2 Å². The van der Waals surface area contributed by atoms with Crippen LogP contribution in [0.1, 0.15) is 43.2 Å². The summed E-state index contributed by atoms with van der Waals surface area (Å²) in [6.07, 6.45) is 17.0. The molecule has 0 amide bonds. The van der Waals surface area contributed by atoms with E-state index in [1.54, 1.807) is 0 Å². The van der Waals surface area contributed by atoms with Crippen molar-refractivity contribution < 1.29 is 0 Å². The molecule has 2 aliphatic carbocycles. The number of para-hydroxylation sites is 1. The molecule has 2 aliphatic rings. The molecule has 0 spiro atoms. The van der Waals surface area contributed by atoms with Gasteiger partial charge in [0, 0.05) is 34.1 Å². The Balaban J connectivity index is 1.11. The predicted molar refractivity (Wildman–Crippen MR) is 223 cm³/mol. The van der Waals surface area contributed by atoms with Crippen molar-refractivity contribution >= 4 is 39.6 Å². The van der Waals surface area contributed by atoms with Crippen LogP contribution in [-0.2, 0) is 0 Å². The molecule has 0 heterocycles. The van der Waals surface area contributed by atoms with E-state index in [1.165, 1.54) is 38.6 Å². The first-order valence-electron chi connectivity index (χ1n) is 18.5. The molecule has 1 N–H and O–H groups in total. The standard InChI is InChI=1S/C50H44N2/c1-36-16-7-4-3-5-10-24-47(50(36)49-37(2)26-27-41-18-12-14-23-46(41)49)51-42-32-28-38(29-33-42)39-30-34-44(35-31-39)52(43-20-8-6-9-21-43)48-25-15-19-40-17-11-13-22-45(40)48/h6-35,37,49,51H,1,3-5H2,2H3/b16-7-,24-10-,50-47?. The van der Waals surface area contributed by atoms with Crippen LogP contribution in [0.2, 0.25) is 0 Å². The number of fused-ring (bicyclic) bond motifs is 2. The van der Waals surface area contributed by atoms with Gasteiger partial charge in [0.05, 0.1) is 5.69 Å². The molecule has 0 aliphatic heterocycles. The van der Waals surface area contributed by atoms with Gasteiger partial charge in [-0.2, -0.15) is 0 Å². The van der Waals surface area contributed by atoms with Gasteiger partial charge in [-0.05, 0) is 113 Å². The van der Waals surface area contributed by atoms with E-state index in [9.17, 15) is 0 Å². The van der Waals surface area contributed by atoms with E-state index >= 15 is 0 Å². The molecule has 2 unspecified atom stereocenters.